The number of carbonyl (C=O) groups excluding carboxylic acids is 2. The Labute approximate surface area is 157 Å². The number of aromatic nitrogens is 1. The van der Waals surface area contributed by atoms with Crippen molar-refractivity contribution >= 4 is 28.5 Å². The number of pyridine rings is 1. The predicted octanol–water partition coefficient (Wildman–Crippen LogP) is 3.66. The molecule has 0 saturated carbocycles. The zero-order valence-corrected chi connectivity index (χ0v) is 15.4. The molecule has 0 bridgehead atoms. The van der Waals surface area contributed by atoms with E-state index in [1.165, 1.54) is 13.2 Å². The molecule has 0 atom stereocenters. The second-order valence-electron chi connectivity index (χ2n) is 6.22. The molecule has 27 heavy (non-hydrogen) atoms. The molecule has 1 aromatic heterocycles. The number of fused-ring (bicyclic) bond motifs is 1. The molecule has 0 aliphatic heterocycles. The zero-order valence-electron chi connectivity index (χ0n) is 15.4. The highest BCUT2D eigenvalue weighted by Gasteiger charge is 2.14. The molecule has 0 aliphatic carbocycles. The first-order valence-corrected chi connectivity index (χ1v) is 8.45. The monoisotopic (exact) mass is 364 g/mol. The first kappa shape index (κ1) is 18.4. The molecule has 1 N–H and O–H groups in total. The van der Waals surface area contributed by atoms with Crippen LogP contribution < -0.4 is 10.1 Å². The molecule has 6 nitrogen and oxygen atoms in total. The SMILES string of the molecule is COC(=O)c1cc(OCC(=O)Nc2cccc(C)c2)c2cc(C)ccc2n1. The standard InChI is InChI=1S/C21H20N2O4/c1-13-5-4-6-15(9-13)22-20(24)12-27-19-11-18(21(25)26-3)23-17-8-7-14(2)10-16(17)19/h4-11H,12H2,1-3H3,(H,22,24). The van der Waals surface area contributed by atoms with Gasteiger partial charge in [0, 0.05) is 17.1 Å². The van der Waals surface area contributed by atoms with Gasteiger partial charge in [0.1, 0.15) is 5.75 Å². The van der Waals surface area contributed by atoms with Gasteiger partial charge in [-0.2, -0.15) is 0 Å². The number of ether oxygens (including phenoxy) is 2. The van der Waals surface area contributed by atoms with Crippen LogP contribution in [0.2, 0.25) is 0 Å². The van der Waals surface area contributed by atoms with Crippen LogP contribution >= 0.6 is 0 Å². The van der Waals surface area contributed by atoms with E-state index in [0.717, 1.165) is 16.5 Å². The molecule has 2 aromatic carbocycles. The van der Waals surface area contributed by atoms with Crippen molar-refractivity contribution in [2.45, 2.75) is 13.8 Å². The molecule has 0 radical (unpaired) electrons. The Balaban J connectivity index is 1.83. The van der Waals surface area contributed by atoms with Crippen LogP contribution in [0.1, 0.15) is 21.6 Å². The van der Waals surface area contributed by atoms with E-state index in [4.69, 9.17) is 9.47 Å². The number of nitrogens with one attached hydrogen (secondary N) is 1. The fourth-order valence-electron chi connectivity index (χ4n) is 2.70. The fourth-order valence-corrected chi connectivity index (χ4v) is 2.70. The summed E-state index contributed by atoms with van der Waals surface area (Å²) in [5.41, 5.74) is 3.49. The van der Waals surface area contributed by atoms with Crippen molar-refractivity contribution in [3.05, 3.63) is 65.4 Å². The van der Waals surface area contributed by atoms with Crippen molar-refractivity contribution in [2.75, 3.05) is 19.0 Å². The van der Waals surface area contributed by atoms with Gasteiger partial charge in [0.2, 0.25) is 0 Å². The summed E-state index contributed by atoms with van der Waals surface area (Å²) >= 11 is 0. The number of carbonyl (C=O) groups is 2. The summed E-state index contributed by atoms with van der Waals surface area (Å²) in [6, 6.07) is 14.6. The van der Waals surface area contributed by atoms with E-state index in [0.29, 0.717) is 17.0 Å². The fraction of sp³-hybridized carbons (Fsp3) is 0.190. The average Bonchev–Trinajstić information content (AvgIpc) is 2.65. The highest BCUT2D eigenvalue weighted by Crippen LogP contribution is 2.27. The van der Waals surface area contributed by atoms with Gasteiger partial charge in [-0.1, -0.05) is 23.8 Å². The third-order valence-electron chi connectivity index (χ3n) is 3.98. The van der Waals surface area contributed by atoms with Gasteiger partial charge in [0.15, 0.2) is 12.3 Å². The van der Waals surface area contributed by atoms with Crippen LogP contribution in [0.15, 0.2) is 48.5 Å². The third kappa shape index (κ3) is 4.41. The molecule has 0 aliphatic rings. The van der Waals surface area contributed by atoms with Gasteiger partial charge in [-0.15, -0.1) is 0 Å². The smallest absolute Gasteiger partial charge is 0.356 e. The van der Waals surface area contributed by atoms with Gasteiger partial charge >= 0.3 is 5.97 Å². The van der Waals surface area contributed by atoms with Crippen LogP contribution in [0.25, 0.3) is 10.9 Å². The topological polar surface area (TPSA) is 77.5 Å². The first-order valence-electron chi connectivity index (χ1n) is 8.45. The lowest BCUT2D eigenvalue weighted by Crippen LogP contribution is -2.20. The van der Waals surface area contributed by atoms with Crippen molar-refractivity contribution in [3.8, 4) is 5.75 Å². The number of nitrogens with zero attached hydrogens (tertiary/aromatic N) is 1. The number of anilines is 1. The molecule has 0 saturated heterocycles. The quantitative estimate of drug-likeness (QED) is 0.699. The molecule has 0 fully saturated rings. The Morgan fingerprint density at radius 1 is 1.04 bits per heavy atom. The number of hydrogen-bond donors (Lipinski definition) is 1. The second kappa shape index (κ2) is 7.86. The van der Waals surface area contributed by atoms with Gasteiger partial charge in [0.05, 0.1) is 12.6 Å². The minimum Gasteiger partial charge on any atom is -0.483 e. The van der Waals surface area contributed by atoms with Crippen LogP contribution in [-0.4, -0.2) is 30.6 Å². The number of hydrogen-bond acceptors (Lipinski definition) is 5. The van der Waals surface area contributed by atoms with E-state index in [1.807, 2.05) is 50.2 Å². The van der Waals surface area contributed by atoms with Gasteiger partial charge in [-0.25, -0.2) is 9.78 Å². The summed E-state index contributed by atoms with van der Waals surface area (Å²) in [6.07, 6.45) is 0. The number of esters is 1. The number of amides is 1. The molecule has 3 aromatic rings. The zero-order chi connectivity index (χ0) is 19.4. The van der Waals surface area contributed by atoms with Crippen molar-refractivity contribution in [1.29, 1.82) is 0 Å². The van der Waals surface area contributed by atoms with Gasteiger partial charge in [-0.05, 0) is 43.7 Å². The summed E-state index contributed by atoms with van der Waals surface area (Å²) in [5.74, 6) is -0.451. The van der Waals surface area contributed by atoms with Crippen molar-refractivity contribution < 1.29 is 19.1 Å². The number of methoxy groups -OCH3 is 1. The lowest BCUT2D eigenvalue weighted by molar-refractivity contribution is -0.118. The molecular formula is C21H20N2O4. The van der Waals surface area contributed by atoms with E-state index in [9.17, 15) is 9.59 Å². The maximum Gasteiger partial charge on any atom is 0.356 e. The largest absolute Gasteiger partial charge is 0.483 e. The summed E-state index contributed by atoms with van der Waals surface area (Å²) in [4.78, 5) is 28.4. The maximum absolute atomic E-state index is 12.2. The first-order chi connectivity index (χ1) is 13.0. The normalized spacial score (nSPS) is 10.5. The van der Waals surface area contributed by atoms with Crippen LogP contribution in [-0.2, 0) is 9.53 Å². The van der Waals surface area contributed by atoms with Crippen molar-refractivity contribution in [1.82, 2.24) is 4.98 Å². The Hall–Kier alpha value is -3.41. The number of aryl methyl sites for hydroxylation is 2. The van der Waals surface area contributed by atoms with Crippen LogP contribution in [0.3, 0.4) is 0 Å². The highest BCUT2D eigenvalue weighted by molar-refractivity contribution is 5.95. The van der Waals surface area contributed by atoms with E-state index < -0.39 is 5.97 Å². The third-order valence-corrected chi connectivity index (χ3v) is 3.98. The number of rotatable bonds is 5. The average molecular weight is 364 g/mol. The lowest BCUT2D eigenvalue weighted by atomic mass is 10.1. The Bertz CT molecular complexity index is 1010. The van der Waals surface area contributed by atoms with Gasteiger partial charge in [-0.3, -0.25) is 4.79 Å². The van der Waals surface area contributed by atoms with E-state index in [1.54, 1.807) is 6.07 Å². The van der Waals surface area contributed by atoms with Crippen LogP contribution in [0.4, 0.5) is 5.69 Å². The van der Waals surface area contributed by atoms with Crippen LogP contribution in [0.5, 0.6) is 5.75 Å². The molecule has 1 amide bonds. The predicted molar refractivity (Wildman–Crippen MR) is 103 cm³/mol. The van der Waals surface area contributed by atoms with Crippen molar-refractivity contribution in [2.24, 2.45) is 0 Å². The summed E-state index contributed by atoms with van der Waals surface area (Å²) in [7, 11) is 1.29. The van der Waals surface area contributed by atoms with Gasteiger partial charge in [0.25, 0.3) is 5.91 Å². The molecule has 1 heterocycles. The Morgan fingerprint density at radius 2 is 1.81 bits per heavy atom. The van der Waals surface area contributed by atoms with E-state index in [2.05, 4.69) is 10.3 Å². The molecular weight excluding hydrogens is 344 g/mol. The molecule has 138 valence electrons. The van der Waals surface area contributed by atoms with Gasteiger partial charge < -0.3 is 14.8 Å². The van der Waals surface area contributed by atoms with E-state index >= 15 is 0 Å². The maximum atomic E-state index is 12.2. The Kier molecular flexibility index (Phi) is 5.35. The second-order valence-corrected chi connectivity index (χ2v) is 6.22. The molecule has 0 unspecified atom stereocenters. The molecule has 0 spiro atoms. The molecule has 6 heteroatoms. The van der Waals surface area contributed by atoms with E-state index in [-0.39, 0.29) is 18.2 Å². The summed E-state index contributed by atoms with van der Waals surface area (Å²) < 4.78 is 10.5. The highest BCUT2D eigenvalue weighted by atomic mass is 16.5. The minimum absolute atomic E-state index is 0.128. The Morgan fingerprint density at radius 3 is 2.56 bits per heavy atom. The lowest BCUT2D eigenvalue weighted by Gasteiger charge is -2.12. The number of benzene rings is 2. The summed E-state index contributed by atoms with van der Waals surface area (Å²) in [5, 5.41) is 3.52. The minimum atomic E-state index is -0.563. The van der Waals surface area contributed by atoms with Crippen LogP contribution in [0, 0.1) is 13.8 Å². The summed E-state index contributed by atoms with van der Waals surface area (Å²) in [6.45, 7) is 3.70. The van der Waals surface area contributed by atoms with Crippen molar-refractivity contribution in [3.63, 3.8) is 0 Å². The molecule has 3 rings (SSSR count).